The van der Waals surface area contributed by atoms with E-state index in [2.05, 4.69) is 0 Å². The van der Waals surface area contributed by atoms with Gasteiger partial charge in [0.2, 0.25) is 0 Å². The van der Waals surface area contributed by atoms with Gasteiger partial charge in [0.05, 0.1) is 17.3 Å². The number of para-hydroxylation sites is 1. The normalized spacial score (nSPS) is 11.1. The van der Waals surface area contributed by atoms with Crippen LogP contribution in [0.5, 0.6) is 11.5 Å². The molecule has 5 nitrogen and oxygen atoms in total. The van der Waals surface area contributed by atoms with Gasteiger partial charge < -0.3 is 9.84 Å². The van der Waals surface area contributed by atoms with Crippen molar-refractivity contribution in [3.8, 4) is 11.5 Å². The van der Waals surface area contributed by atoms with Crippen LogP contribution < -0.4 is 4.74 Å². The van der Waals surface area contributed by atoms with Crippen LogP contribution in [-0.2, 0) is 9.84 Å². The van der Waals surface area contributed by atoms with E-state index in [-0.39, 0.29) is 16.4 Å². The van der Waals surface area contributed by atoms with E-state index in [0.29, 0.717) is 22.6 Å². The van der Waals surface area contributed by atoms with Crippen molar-refractivity contribution in [2.24, 2.45) is 0 Å². The third-order valence-electron chi connectivity index (χ3n) is 3.93. The average Bonchev–Trinajstić information content (AvgIpc) is 2.69. The molecular weight excluding hydrogens is 364 g/mol. The highest BCUT2D eigenvalue weighted by molar-refractivity contribution is 7.91. The topological polar surface area (TPSA) is 80.7 Å². The highest BCUT2D eigenvalue weighted by atomic mass is 32.2. The fraction of sp³-hybridized carbons (Fsp3) is 0.0952. The number of carbonyl (C=O) groups excluding carboxylic acids is 1. The smallest absolute Gasteiger partial charge is 0.193 e. The number of aliphatic hydroxyl groups excluding tert-OH is 1. The number of sulfone groups is 1. The van der Waals surface area contributed by atoms with Crippen molar-refractivity contribution in [3.05, 3.63) is 90.0 Å². The summed E-state index contributed by atoms with van der Waals surface area (Å²) in [4.78, 5) is 12.7. The van der Waals surface area contributed by atoms with Gasteiger partial charge in [-0.2, -0.15) is 0 Å². The molecular formula is C21H18O5S. The van der Waals surface area contributed by atoms with Gasteiger partial charge in [-0.25, -0.2) is 8.42 Å². The SMILES string of the molecule is O=C(c1ccc(Oc2ccccc2)cc1)c1ccc(S(=O)(=O)CCO)cc1. The van der Waals surface area contributed by atoms with Crippen LogP contribution in [0, 0.1) is 0 Å². The Hall–Kier alpha value is -2.96. The largest absolute Gasteiger partial charge is 0.457 e. The molecule has 0 aliphatic heterocycles. The predicted octanol–water partition coefficient (Wildman–Crippen LogP) is 3.48. The number of ether oxygens (including phenoxy) is 1. The maximum Gasteiger partial charge on any atom is 0.193 e. The Bertz CT molecular complexity index is 1010. The number of ketones is 1. The molecule has 0 aromatic heterocycles. The van der Waals surface area contributed by atoms with Gasteiger partial charge in [0.25, 0.3) is 0 Å². The Kier molecular flexibility index (Phi) is 5.69. The second kappa shape index (κ2) is 8.16. The number of hydrogen-bond acceptors (Lipinski definition) is 5. The molecule has 1 N–H and O–H groups in total. The maximum atomic E-state index is 12.6. The van der Waals surface area contributed by atoms with Crippen molar-refractivity contribution in [2.45, 2.75) is 4.90 Å². The molecule has 0 spiro atoms. The molecule has 0 saturated carbocycles. The van der Waals surface area contributed by atoms with Crippen molar-refractivity contribution >= 4 is 15.6 Å². The molecule has 0 aliphatic carbocycles. The average molecular weight is 382 g/mol. The van der Waals surface area contributed by atoms with Gasteiger partial charge in [-0.1, -0.05) is 18.2 Å². The first-order valence-corrected chi connectivity index (χ1v) is 9.96. The van der Waals surface area contributed by atoms with Crippen LogP contribution in [0.25, 0.3) is 0 Å². The molecule has 0 bridgehead atoms. The minimum atomic E-state index is -3.53. The Labute approximate surface area is 157 Å². The minimum Gasteiger partial charge on any atom is -0.457 e. The van der Waals surface area contributed by atoms with E-state index < -0.39 is 16.4 Å². The van der Waals surface area contributed by atoms with E-state index in [1.165, 1.54) is 24.3 Å². The van der Waals surface area contributed by atoms with Crippen LogP contribution in [0.3, 0.4) is 0 Å². The van der Waals surface area contributed by atoms with Gasteiger partial charge in [0.15, 0.2) is 15.6 Å². The fourth-order valence-electron chi connectivity index (χ4n) is 2.52. The van der Waals surface area contributed by atoms with E-state index in [1.54, 1.807) is 24.3 Å². The molecule has 0 heterocycles. The van der Waals surface area contributed by atoms with Gasteiger partial charge in [0.1, 0.15) is 11.5 Å². The van der Waals surface area contributed by atoms with Crippen LogP contribution in [0.2, 0.25) is 0 Å². The molecule has 0 amide bonds. The summed E-state index contributed by atoms with van der Waals surface area (Å²) in [6.45, 7) is -0.444. The standard InChI is InChI=1S/C21H18O5S/c22-14-15-27(24,25)20-12-8-17(9-13-20)21(23)16-6-10-19(11-7-16)26-18-4-2-1-3-5-18/h1-13,22H,14-15H2. The molecule has 0 fully saturated rings. The molecule has 0 unspecified atom stereocenters. The zero-order valence-electron chi connectivity index (χ0n) is 14.4. The van der Waals surface area contributed by atoms with E-state index in [9.17, 15) is 13.2 Å². The number of rotatable bonds is 7. The van der Waals surface area contributed by atoms with E-state index in [0.717, 1.165) is 0 Å². The zero-order chi connectivity index (χ0) is 19.3. The highest BCUT2D eigenvalue weighted by Crippen LogP contribution is 2.22. The summed E-state index contributed by atoms with van der Waals surface area (Å²) < 4.78 is 29.5. The Morgan fingerprint density at radius 2 is 1.30 bits per heavy atom. The molecule has 0 saturated heterocycles. The van der Waals surface area contributed by atoms with Gasteiger partial charge in [-0.05, 0) is 60.7 Å². The summed E-state index contributed by atoms with van der Waals surface area (Å²) in [7, 11) is -3.53. The quantitative estimate of drug-likeness (QED) is 0.633. The van der Waals surface area contributed by atoms with Crippen molar-refractivity contribution in [1.82, 2.24) is 0 Å². The van der Waals surface area contributed by atoms with Gasteiger partial charge in [-0.3, -0.25) is 4.79 Å². The summed E-state index contributed by atoms with van der Waals surface area (Å²) in [6, 6.07) is 21.8. The van der Waals surface area contributed by atoms with Gasteiger partial charge in [0, 0.05) is 11.1 Å². The predicted molar refractivity (Wildman–Crippen MR) is 102 cm³/mol. The minimum absolute atomic E-state index is 0.0831. The molecule has 6 heteroatoms. The van der Waals surface area contributed by atoms with Gasteiger partial charge in [-0.15, -0.1) is 0 Å². The molecule has 0 radical (unpaired) electrons. The fourth-order valence-corrected chi connectivity index (χ4v) is 3.54. The number of carbonyl (C=O) groups is 1. The lowest BCUT2D eigenvalue weighted by molar-refractivity contribution is 0.103. The van der Waals surface area contributed by atoms with Crippen molar-refractivity contribution in [2.75, 3.05) is 12.4 Å². The first-order chi connectivity index (χ1) is 13.0. The van der Waals surface area contributed by atoms with Crippen molar-refractivity contribution in [1.29, 1.82) is 0 Å². The zero-order valence-corrected chi connectivity index (χ0v) is 15.2. The van der Waals surface area contributed by atoms with E-state index >= 15 is 0 Å². The first kappa shape index (κ1) is 18.8. The summed E-state index contributed by atoms with van der Waals surface area (Å²) in [5.74, 6) is 0.759. The van der Waals surface area contributed by atoms with Crippen LogP contribution in [0.1, 0.15) is 15.9 Å². The lowest BCUT2D eigenvalue weighted by Gasteiger charge is -2.07. The van der Waals surface area contributed by atoms with E-state index in [1.807, 2.05) is 30.3 Å². The molecule has 3 rings (SSSR count). The summed E-state index contributed by atoms with van der Waals surface area (Å²) in [5, 5.41) is 8.83. The summed E-state index contributed by atoms with van der Waals surface area (Å²) in [5.41, 5.74) is 0.857. The second-order valence-corrected chi connectivity index (χ2v) is 7.94. The third kappa shape index (κ3) is 4.61. The Morgan fingerprint density at radius 3 is 1.85 bits per heavy atom. The lowest BCUT2D eigenvalue weighted by Crippen LogP contribution is -2.10. The molecule has 27 heavy (non-hydrogen) atoms. The summed E-state index contributed by atoms with van der Waals surface area (Å²) >= 11 is 0. The van der Waals surface area contributed by atoms with Gasteiger partial charge >= 0.3 is 0 Å². The number of benzene rings is 3. The number of hydrogen-bond donors (Lipinski definition) is 1. The molecule has 3 aromatic rings. The molecule has 3 aromatic carbocycles. The molecule has 0 atom stereocenters. The highest BCUT2D eigenvalue weighted by Gasteiger charge is 2.15. The first-order valence-electron chi connectivity index (χ1n) is 8.31. The molecule has 0 aliphatic rings. The lowest BCUT2D eigenvalue weighted by atomic mass is 10.0. The van der Waals surface area contributed by atoms with Crippen LogP contribution in [0.4, 0.5) is 0 Å². The van der Waals surface area contributed by atoms with Crippen molar-refractivity contribution in [3.63, 3.8) is 0 Å². The third-order valence-corrected chi connectivity index (χ3v) is 5.64. The monoisotopic (exact) mass is 382 g/mol. The second-order valence-electron chi connectivity index (χ2n) is 5.84. The van der Waals surface area contributed by atoms with E-state index in [4.69, 9.17) is 9.84 Å². The van der Waals surface area contributed by atoms with Crippen LogP contribution in [-0.4, -0.2) is 31.7 Å². The molecule has 138 valence electrons. The van der Waals surface area contributed by atoms with Crippen LogP contribution in [0.15, 0.2) is 83.8 Å². The maximum absolute atomic E-state index is 12.6. The Morgan fingerprint density at radius 1 is 0.778 bits per heavy atom. The Balaban J connectivity index is 1.74. The van der Waals surface area contributed by atoms with Crippen molar-refractivity contribution < 1.29 is 23.1 Å². The van der Waals surface area contributed by atoms with Crippen LogP contribution >= 0.6 is 0 Å². The summed E-state index contributed by atoms with van der Waals surface area (Å²) in [6.07, 6.45) is 0. The number of aliphatic hydroxyl groups is 1.